The van der Waals surface area contributed by atoms with Gasteiger partial charge in [0.1, 0.15) is 12.6 Å². The smallest absolute Gasteiger partial charge is 0.407 e. The van der Waals surface area contributed by atoms with Gasteiger partial charge in [0.05, 0.1) is 0 Å². The minimum Gasteiger partial charge on any atom is -0.480 e. The number of carboxylic acid groups (broad SMARTS) is 1. The summed E-state index contributed by atoms with van der Waals surface area (Å²) in [7, 11) is 0. The number of carbonyl (C=O) groups excluding carboxylic acids is 2. The van der Waals surface area contributed by atoms with E-state index < -0.39 is 18.1 Å². The molecule has 2 aromatic rings. The van der Waals surface area contributed by atoms with Crippen LogP contribution in [0, 0.1) is 11.8 Å². The predicted octanol–water partition coefficient (Wildman–Crippen LogP) is 4.26. The third-order valence-electron chi connectivity index (χ3n) is 7.09. The van der Waals surface area contributed by atoms with Crippen LogP contribution in [0.2, 0.25) is 0 Å². The van der Waals surface area contributed by atoms with Gasteiger partial charge in [0.15, 0.2) is 0 Å². The molecule has 34 heavy (non-hydrogen) atoms. The maximum atomic E-state index is 12.8. The molecule has 0 bridgehead atoms. The predicted molar refractivity (Wildman–Crippen MR) is 128 cm³/mol. The van der Waals surface area contributed by atoms with E-state index in [1.807, 2.05) is 38.1 Å². The summed E-state index contributed by atoms with van der Waals surface area (Å²) in [5, 5.41) is 12.2. The van der Waals surface area contributed by atoms with Crippen LogP contribution in [0.25, 0.3) is 11.1 Å². The average molecular weight is 465 g/mol. The number of likely N-dealkylation sites (tertiary alicyclic amines) is 1. The standard InChI is InChI=1S/C27H32N2O5/c1-17(2)18(14-25(30)29-13-7-12-24(29)26(31)32)15-28-27(33)34-16-23-21-10-5-3-8-19(21)20-9-4-6-11-22(20)23/h3-6,8-11,17-18,23-24H,7,12-16H2,1-2H3,(H,28,33)(H,31,32)/t18?,24-/m0/s1. The van der Waals surface area contributed by atoms with E-state index in [0.717, 1.165) is 11.1 Å². The second-order valence-electron chi connectivity index (χ2n) is 9.50. The molecule has 7 heteroatoms. The molecule has 2 N–H and O–H groups in total. The highest BCUT2D eigenvalue weighted by molar-refractivity contribution is 5.84. The van der Waals surface area contributed by atoms with Crippen molar-refractivity contribution >= 4 is 18.0 Å². The lowest BCUT2D eigenvalue weighted by Gasteiger charge is -2.26. The summed E-state index contributed by atoms with van der Waals surface area (Å²) in [5.74, 6) is -1.10. The molecule has 1 unspecified atom stereocenters. The Hall–Kier alpha value is -3.35. The van der Waals surface area contributed by atoms with Crippen LogP contribution in [-0.2, 0) is 14.3 Å². The molecule has 1 fully saturated rings. The number of nitrogens with one attached hydrogen (secondary N) is 1. The van der Waals surface area contributed by atoms with Crippen LogP contribution in [0.15, 0.2) is 48.5 Å². The molecule has 0 aromatic heterocycles. The average Bonchev–Trinajstić information content (AvgIpc) is 3.44. The first kappa shape index (κ1) is 23.8. The Kier molecular flexibility index (Phi) is 7.20. The van der Waals surface area contributed by atoms with Gasteiger partial charge in [-0.05, 0) is 46.9 Å². The molecule has 180 valence electrons. The van der Waals surface area contributed by atoms with Crippen molar-refractivity contribution in [3.05, 3.63) is 59.7 Å². The lowest BCUT2D eigenvalue weighted by molar-refractivity contribution is -0.148. The van der Waals surface area contributed by atoms with E-state index in [1.165, 1.54) is 16.0 Å². The third-order valence-corrected chi connectivity index (χ3v) is 7.09. The molecule has 1 heterocycles. The van der Waals surface area contributed by atoms with Crippen molar-refractivity contribution < 1.29 is 24.2 Å². The molecule has 1 aliphatic heterocycles. The first-order valence-corrected chi connectivity index (χ1v) is 12.0. The van der Waals surface area contributed by atoms with E-state index in [4.69, 9.17) is 4.74 Å². The molecule has 0 saturated carbocycles. The van der Waals surface area contributed by atoms with Crippen molar-refractivity contribution in [3.8, 4) is 11.1 Å². The van der Waals surface area contributed by atoms with Gasteiger partial charge >= 0.3 is 12.1 Å². The first-order chi connectivity index (χ1) is 16.4. The summed E-state index contributed by atoms with van der Waals surface area (Å²) in [6.45, 7) is 5.00. The molecule has 0 radical (unpaired) electrons. The van der Waals surface area contributed by atoms with E-state index in [9.17, 15) is 19.5 Å². The minimum absolute atomic E-state index is 0.0104. The summed E-state index contributed by atoms with van der Waals surface area (Å²) >= 11 is 0. The Morgan fingerprint density at radius 1 is 1.06 bits per heavy atom. The second kappa shape index (κ2) is 10.3. The van der Waals surface area contributed by atoms with Crippen LogP contribution in [0.1, 0.15) is 50.2 Å². The number of benzene rings is 2. The Labute approximate surface area is 200 Å². The SMILES string of the molecule is CC(C)C(CNC(=O)OCC1c2ccccc2-c2ccccc21)CC(=O)N1CCC[C@H]1C(=O)O. The molecule has 7 nitrogen and oxygen atoms in total. The largest absolute Gasteiger partial charge is 0.480 e. The lowest BCUT2D eigenvalue weighted by Crippen LogP contribution is -2.42. The van der Waals surface area contributed by atoms with E-state index >= 15 is 0 Å². The van der Waals surface area contributed by atoms with Gasteiger partial charge in [0, 0.05) is 25.4 Å². The highest BCUT2D eigenvalue weighted by atomic mass is 16.5. The summed E-state index contributed by atoms with van der Waals surface area (Å²) in [4.78, 5) is 38.2. The Bertz CT molecular complexity index is 1020. The summed E-state index contributed by atoms with van der Waals surface area (Å²) in [6, 6.07) is 15.6. The molecule has 2 aliphatic rings. The summed E-state index contributed by atoms with van der Waals surface area (Å²) < 4.78 is 5.60. The third kappa shape index (κ3) is 4.93. The number of rotatable bonds is 8. The number of fused-ring (bicyclic) bond motifs is 3. The van der Waals surface area contributed by atoms with Crippen LogP contribution in [-0.4, -0.2) is 53.7 Å². The first-order valence-electron chi connectivity index (χ1n) is 12.0. The zero-order valence-corrected chi connectivity index (χ0v) is 19.7. The molecule has 2 atom stereocenters. The highest BCUT2D eigenvalue weighted by Crippen LogP contribution is 2.44. The zero-order valence-electron chi connectivity index (χ0n) is 19.7. The molecule has 1 saturated heterocycles. The monoisotopic (exact) mass is 464 g/mol. The number of hydrogen-bond acceptors (Lipinski definition) is 4. The van der Waals surface area contributed by atoms with Crippen LogP contribution >= 0.6 is 0 Å². The normalized spacial score (nSPS) is 17.9. The number of aliphatic carboxylic acids is 1. The number of ether oxygens (including phenoxy) is 1. The van der Waals surface area contributed by atoms with Gasteiger partial charge in [-0.1, -0.05) is 62.4 Å². The molecule has 2 amide bonds. The van der Waals surface area contributed by atoms with Crippen LogP contribution in [0.3, 0.4) is 0 Å². The van der Waals surface area contributed by atoms with Gasteiger partial charge in [0.2, 0.25) is 5.91 Å². The molecular formula is C27H32N2O5. The van der Waals surface area contributed by atoms with E-state index in [1.54, 1.807) is 0 Å². The maximum absolute atomic E-state index is 12.8. The zero-order chi connectivity index (χ0) is 24.2. The van der Waals surface area contributed by atoms with Crippen molar-refractivity contribution in [2.75, 3.05) is 19.7 Å². The van der Waals surface area contributed by atoms with Gasteiger partial charge in [-0.2, -0.15) is 0 Å². The molecule has 1 aliphatic carbocycles. The fraction of sp³-hybridized carbons (Fsp3) is 0.444. The second-order valence-corrected chi connectivity index (χ2v) is 9.50. The fourth-order valence-corrected chi connectivity index (χ4v) is 5.07. The van der Waals surface area contributed by atoms with Gasteiger partial charge in [0.25, 0.3) is 0 Å². The Morgan fingerprint density at radius 2 is 1.68 bits per heavy atom. The van der Waals surface area contributed by atoms with Gasteiger partial charge in [-0.25, -0.2) is 9.59 Å². The molecular weight excluding hydrogens is 432 g/mol. The van der Waals surface area contributed by atoms with E-state index in [0.29, 0.717) is 25.9 Å². The Morgan fingerprint density at radius 3 is 2.26 bits per heavy atom. The van der Waals surface area contributed by atoms with E-state index in [2.05, 4.69) is 29.6 Å². The van der Waals surface area contributed by atoms with Crippen molar-refractivity contribution in [1.29, 1.82) is 0 Å². The van der Waals surface area contributed by atoms with E-state index in [-0.39, 0.29) is 36.7 Å². The van der Waals surface area contributed by atoms with Crippen molar-refractivity contribution in [1.82, 2.24) is 10.2 Å². The lowest BCUT2D eigenvalue weighted by atomic mass is 9.91. The highest BCUT2D eigenvalue weighted by Gasteiger charge is 2.35. The summed E-state index contributed by atoms with van der Waals surface area (Å²) in [5.41, 5.74) is 4.65. The van der Waals surface area contributed by atoms with Crippen LogP contribution < -0.4 is 5.32 Å². The molecule has 0 spiro atoms. The van der Waals surface area contributed by atoms with Crippen molar-refractivity contribution in [3.63, 3.8) is 0 Å². The van der Waals surface area contributed by atoms with Gasteiger partial charge in [-0.3, -0.25) is 4.79 Å². The molecule has 2 aromatic carbocycles. The maximum Gasteiger partial charge on any atom is 0.407 e. The van der Waals surface area contributed by atoms with Gasteiger partial charge < -0.3 is 20.1 Å². The van der Waals surface area contributed by atoms with Gasteiger partial charge in [-0.15, -0.1) is 0 Å². The number of amides is 2. The fourth-order valence-electron chi connectivity index (χ4n) is 5.07. The summed E-state index contributed by atoms with van der Waals surface area (Å²) in [6.07, 6.45) is 0.883. The number of carboxylic acids is 1. The quantitative estimate of drug-likeness (QED) is 0.609. The number of carbonyl (C=O) groups is 3. The van der Waals surface area contributed by atoms with Crippen molar-refractivity contribution in [2.24, 2.45) is 11.8 Å². The Balaban J connectivity index is 1.32. The number of alkyl carbamates (subject to hydrolysis) is 1. The molecule has 4 rings (SSSR count). The number of nitrogens with zero attached hydrogens (tertiary/aromatic N) is 1. The van der Waals surface area contributed by atoms with Crippen LogP contribution in [0.5, 0.6) is 0 Å². The topological polar surface area (TPSA) is 95.9 Å². The minimum atomic E-state index is -0.955. The van der Waals surface area contributed by atoms with Crippen molar-refractivity contribution in [2.45, 2.75) is 45.1 Å². The van der Waals surface area contributed by atoms with Crippen LogP contribution in [0.4, 0.5) is 4.79 Å². The number of hydrogen-bond donors (Lipinski definition) is 2.